The van der Waals surface area contributed by atoms with Gasteiger partial charge in [-0.2, -0.15) is 17.0 Å². The van der Waals surface area contributed by atoms with E-state index in [0.717, 1.165) is 8.61 Å². The number of carboxylic acid groups (broad SMARTS) is 1. The molecular formula is C11H21N3O5S. The minimum absolute atomic E-state index is 0.0398. The molecule has 20 heavy (non-hydrogen) atoms. The van der Waals surface area contributed by atoms with Gasteiger partial charge in [-0.3, -0.25) is 9.59 Å². The average molecular weight is 307 g/mol. The number of nitrogens with one attached hydrogen (secondary N) is 1. The molecule has 1 aliphatic heterocycles. The molecule has 8 nitrogen and oxygen atoms in total. The van der Waals surface area contributed by atoms with Crippen LogP contribution in [0.3, 0.4) is 0 Å². The Morgan fingerprint density at radius 2 is 2.10 bits per heavy atom. The van der Waals surface area contributed by atoms with Gasteiger partial charge in [-0.05, 0) is 12.8 Å². The molecule has 0 spiro atoms. The van der Waals surface area contributed by atoms with Gasteiger partial charge in [0.15, 0.2) is 0 Å². The quantitative estimate of drug-likeness (QED) is 0.661. The summed E-state index contributed by atoms with van der Waals surface area (Å²) < 4.78 is 27.0. The standard InChI is InChI=1S/C11H21N3O5S/c1-3-13(8-10(15)12-2)20(18,19)14-6-4-5-9(7-14)11(16)17/h9H,3-8H2,1-2H3,(H,12,15)(H,16,17). The number of nitrogens with zero attached hydrogens (tertiary/aromatic N) is 2. The highest BCUT2D eigenvalue weighted by molar-refractivity contribution is 7.86. The number of rotatable bonds is 6. The summed E-state index contributed by atoms with van der Waals surface area (Å²) in [6, 6.07) is 0. The minimum atomic E-state index is -3.80. The Morgan fingerprint density at radius 1 is 1.45 bits per heavy atom. The van der Waals surface area contributed by atoms with Crippen LogP contribution in [0.15, 0.2) is 0 Å². The molecule has 1 rings (SSSR count). The van der Waals surface area contributed by atoms with Gasteiger partial charge >= 0.3 is 5.97 Å². The highest BCUT2D eigenvalue weighted by Crippen LogP contribution is 2.21. The number of carbonyl (C=O) groups is 2. The predicted molar refractivity (Wildman–Crippen MR) is 72.2 cm³/mol. The van der Waals surface area contributed by atoms with Crippen LogP contribution < -0.4 is 5.32 Å². The van der Waals surface area contributed by atoms with Crippen LogP contribution in [0.5, 0.6) is 0 Å². The van der Waals surface area contributed by atoms with Crippen molar-refractivity contribution in [2.75, 3.05) is 33.2 Å². The molecule has 0 aromatic rings. The molecule has 1 saturated heterocycles. The summed E-state index contributed by atoms with van der Waals surface area (Å²) in [7, 11) is -2.37. The molecule has 1 fully saturated rings. The van der Waals surface area contributed by atoms with Crippen LogP contribution in [0.1, 0.15) is 19.8 Å². The van der Waals surface area contributed by atoms with Crippen LogP contribution in [-0.4, -0.2) is 67.2 Å². The molecule has 9 heteroatoms. The molecule has 1 atom stereocenters. The van der Waals surface area contributed by atoms with Gasteiger partial charge in [0.1, 0.15) is 0 Å². The van der Waals surface area contributed by atoms with E-state index < -0.39 is 28.0 Å². The maximum atomic E-state index is 12.4. The molecule has 0 aromatic heterocycles. The van der Waals surface area contributed by atoms with E-state index in [9.17, 15) is 18.0 Å². The molecule has 1 amide bonds. The zero-order valence-electron chi connectivity index (χ0n) is 11.7. The Balaban J connectivity index is 2.84. The van der Waals surface area contributed by atoms with E-state index in [1.807, 2.05) is 0 Å². The maximum Gasteiger partial charge on any atom is 0.307 e. The van der Waals surface area contributed by atoms with Crippen molar-refractivity contribution in [3.63, 3.8) is 0 Å². The molecular weight excluding hydrogens is 286 g/mol. The lowest BCUT2D eigenvalue weighted by molar-refractivity contribution is -0.143. The van der Waals surface area contributed by atoms with E-state index >= 15 is 0 Å². The van der Waals surface area contributed by atoms with Gasteiger partial charge in [0.05, 0.1) is 12.5 Å². The first-order chi connectivity index (χ1) is 9.32. The van der Waals surface area contributed by atoms with Crippen LogP contribution >= 0.6 is 0 Å². The van der Waals surface area contributed by atoms with Gasteiger partial charge in [0.25, 0.3) is 10.2 Å². The SMILES string of the molecule is CCN(CC(=O)NC)S(=O)(=O)N1CCCC(C(=O)O)C1. The van der Waals surface area contributed by atoms with Crippen molar-refractivity contribution in [2.24, 2.45) is 5.92 Å². The highest BCUT2D eigenvalue weighted by atomic mass is 32.2. The van der Waals surface area contributed by atoms with Crippen molar-refractivity contribution >= 4 is 22.1 Å². The molecule has 2 N–H and O–H groups in total. The molecule has 116 valence electrons. The fraction of sp³-hybridized carbons (Fsp3) is 0.818. The van der Waals surface area contributed by atoms with Crippen molar-refractivity contribution in [1.29, 1.82) is 0 Å². The summed E-state index contributed by atoms with van der Waals surface area (Å²) in [6.07, 6.45) is 0.983. The maximum absolute atomic E-state index is 12.4. The smallest absolute Gasteiger partial charge is 0.307 e. The highest BCUT2D eigenvalue weighted by Gasteiger charge is 2.35. The van der Waals surface area contributed by atoms with E-state index in [4.69, 9.17) is 5.11 Å². The third-order valence-corrected chi connectivity index (χ3v) is 5.36. The van der Waals surface area contributed by atoms with Crippen LogP contribution in [-0.2, 0) is 19.8 Å². The van der Waals surface area contributed by atoms with E-state index in [0.29, 0.717) is 12.8 Å². The fourth-order valence-corrected chi connectivity index (χ4v) is 3.77. The summed E-state index contributed by atoms with van der Waals surface area (Å²) in [5.41, 5.74) is 0. The first-order valence-electron chi connectivity index (χ1n) is 6.51. The average Bonchev–Trinajstić information content (AvgIpc) is 2.44. The van der Waals surface area contributed by atoms with Crippen LogP contribution in [0.2, 0.25) is 0 Å². The van der Waals surface area contributed by atoms with Crippen molar-refractivity contribution in [2.45, 2.75) is 19.8 Å². The molecule has 0 bridgehead atoms. The van der Waals surface area contributed by atoms with Crippen molar-refractivity contribution < 1.29 is 23.1 Å². The van der Waals surface area contributed by atoms with Gasteiger partial charge in [-0.1, -0.05) is 6.92 Å². The summed E-state index contributed by atoms with van der Waals surface area (Å²) in [5.74, 6) is -2.07. The Bertz CT molecular complexity index is 465. The topological polar surface area (TPSA) is 107 Å². The number of aliphatic carboxylic acids is 1. The second kappa shape index (κ2) is 7.00. The van der Waals surface area contributed by atoms with E-state index in [1.165, 1.54) is 7.05 Å². The number of amides is 1. The van der Waals surface area contributed by atoms with Crippen LogP contribution in [0.4, 0.5) is 0 Å². The summed E-state index contributed by atoms with van der Waals surface area (Å²) >= 11 is 0. The Labute approximate surface area is 118 Å². The molecule has 0 radical (unpaired) electrons. The van der Waals surface area contributed by atoms with Crippen molar-refractivity contribution in [3.05, 3.63) is 0 Å². The zero-order chi connectivity index (χ0) is 15.3. The first kappa shape index (κ1) is 16.9. The number of carboxylic acids is 1. The summed E-state index contributed by atoms with van der Waals surface area (Å²) in [5, 5.41) is 11.4. The Morgan fingerprint density at radius 3 is 2.60 bits per heavy atom. The number of hydrogen-bond donors (Lipinski definition) is 2. The Kier molecular flexibility index (Phi) is 5.90. The van der Waals surface area contributed by atoms with Crippen LogP contribution in [0.25, 0.3) is 0 Å². The van der Waals surface area contributed by atoms with Crippen molar-refractivity contribution in [3.8, 4) is 0 Å². The largest absolute Gasteiger partial charge is 0.481 e. The predicted octanol–water partition coefficient (Wildman–Crippen LogP) is -0.904. The lowest BCUT2D eigenvalue weighted by atomic mass is 10.0. The second-order valence-corrected chi connectivity index (χ2v) is 6.57. The lowest BCUT2D eigenvalue weighted by Gasteiger charge is -2.33. The molecule has 0 saturated carbocycles. The fourth-order valence-electron chi connectivity index (χ4n) is 2.11. The van der Waals surface area contributed by atoms with E-state index in [-0.39, 0.29) is 26.2 Å². The van der Waals surface area contributed by atoms with E-state index in [2.05, 4.69) is 5.32 Å². The normalized spacial score (nSPS) is 20.9. The number of piperidine rings is 1. The Hall–Kier alpha value is -1.19. The monoisotopic (exact) mass is 307 g/mol. The van der Waals surface area contributed by atoms with Crippen molar-refractivity contribution in [1.82, 2.24) is 13.9 Å². The van der Waals surface area contributed by atoms with Gasteiger partial charge in [0.2, 0.25) is 5.91 Å². The summed E-state index contributed by atoms with van der Waals surface area (Å²) in [6.45, 7) is 1.78. The van der Waals surface area contributed by atoms with Gasteiger partial charge in [0, 0.05) is 26.7 Å². The lowest BCUT2D eigenvalue weighted by Crippen LogP contribution is -2.51. The molecule has 0 aliphatic carbocycles. The minimum Gasteiger partial charge on any atom is -0.481 e. The third kappa shape index (κ3) is 3.90. The van der Waals surface area contributed by atoms with E-state index in [1.54, 1.807) is 6.92 Å². The molecule has 0 aromatic carbocycles. The number of carbonyl (C=O) groups excluding carboxylic acids is 1. The first-order valence-corrected chi connectivity index (χ1v) is 7.91. The number of hydrogen-bond acceptors (Lipinski definition) is 4. The molecule has 1 unspecified atom stereocenters. The summed E-state index contributed by atoms with van der Waals surface area (Å²) in [4.78, 5) is 22.3. The third-order valence-electron chi connectivity index (χ3n) is 3.34. The number of likely N-dealkylation sites (N-methyl/N-ethyl adjacent to an activating group) is 2. The van der Waals surface area contributed by atoms with Crippen LogP contribution in [0, 0.1) is 5.92 Å². The van der Waals surface area contributed by atoms with Gasteiger partial charge in [-0.15, -0.1) is 0 Å². The van der Waals surface area contributed by atoms with Gasteiger partial charge < -0.3 is 10.4 Å². The zero-order valence-corrected chi connectivity index (χ0v) is 12.5. The second-order valence-electron chi connectivity index (χ2n) is 4.64. The molecule has 1 heterocycles. The molecule has 1 aliphatic rings. The van der Waals surface area contributed by atoms with Gasteiger partial charge in [-0.25, -0.2) is 0 Å².